The molecule has 0 saturated heterocycles. The minimum atomic E-state index is -0.524. The molecule has 2 N–H and O–H groups in total. The van der Waals surface area contributed by atoms with Crippen LogP contribution < -0.4 is 10.6 Å². The summed E-state index contributed by atoms with van der Waals surface area (Å²) >= 11 is 0. The number of hydrogen-bond acceptors (Lipinski definition) is 6. The highest BCUT2D eigenvalue weighted by atomic mass is 19.1. The Hall–Kier alpha value is -2.18. The lowest BCUT2D eigenvalue weighted by molar-refractivity contribution is 0.452. The smallest absolute Gasteiger partial charge is 0.224 e. The van der Waals surface area contributed by atoms with E-state index >= 15 is 0 Å². The maximum Gasteiger partial charge on any atom is 0.224 e. The van der Waals surface area contributed by atoms with Gasteiger partial charge in [0.15, 0.2) is 11.6 Å². The molecule has 7 heteroatoms. The normalized spacial score (nSPS) is 12.2. The molecule has 2 heterocycles. The summed E-state index contributed by atoms with van der Waals surface area (Å²) in [6.45, 7) is 3.61. The van der Waals surface area contributed by atoms with E-state index in [2.05, 4.69) is 25.6 Å². The molecule has 18 heavy (non-hydrogen) atoms. The minimum Gasteiger partial charge on any atom is -0.444 e. The molecule has 2 rings (SSSR count). The third kappa shape index (κ3) is 2.55. The molecule has 0 spiro atoms. The maximum absolute atomic E-state index is 13.5. The van der Waals surface area contributed by atoms with Crippen molar-refractivity contribution in [2.75, 3.05) is 17.7 Å². The molecule has 0 aliphatic carbocycles. The van der Waals surface area contributed by atoms with Gasteiger partial charge in [0, 0.05) is 7.05 Å². The fourth-order valence-corrected chi connectivity index (χ4v) is 1.43. The standard InChI is InChI=1S/C11H14FN5O/c1-6-4-14-10(18-6)7(2)16-9-8(12)5-15-11(13-3)17-9/h4-5,7H,1-3H3,(H2,13,15,16,17). The molecule has 0 aliphatic rings. The van der Waals surface area contributed by atoms with E-state index in [-0.39, 0.29) is 11.9 Å². The fourth-order valence-electron chi connectivity index (χ4n) is 1.43. The van der Waals surface area contributed by atoms with Gasteiger partial charge in [0.05, 0.1) is 12.4 Å². The van der Waals surface area contributed by atoms with Gasteiger partial charge >= 0.3 is 0 Å². The van der Waals surface area contributed by atoms with Crippen molar-refractivity contribution in [3.8, 4) is 0 Å². The molecule has 2 aromatic rings. The first-order valence-electron chi connectivity index (χ1n) is 5.49. The lowest BCUT2D eigenvalue weighted by Crippen LogP contribution is -2.11. The first-order valence-corrected chi connectivity index (χ1v) is 5.49. The highest BCUT2D eigenvalue weighted by Gasteiger charge is 2.14. The van der Waals surface area contributed by atoms with Gasteiger partial charge < -0.3 is 15.1 Å². The van der Waals surface area contributed by atoms with Crippen LogP contribution in [0.15, 0.2) is 16.8 Å². The van der Waals surface area contributed by atoms with E-state index in [1.54, 1.807) is 20.2 Å². The van der Waals surface area contributed by atoms with Crippen LogP contribution in [0.25, 0.3) is 0 Å². The Morgan fingerprint density at radius 3 is 2.72 bits per heavy atom. The Balaban J connectivity index is 2.18. The van der Waals surface area contributed by atoms with Crippen LogP contribution in [0.2, 0.25) is 0 Å². The van der Waals surface area contributed by atoms with Gasteiger partial charge in [0.2, 0.25) is 11.8 Å². The molecular weight excluding hydrogens is 237 g/mol. The lowest BCUT2D eigenvalue weighted by Gasteiger charge is -2.12. The largest absolute Gasteiger partial charge is 0.444 e. The van der Waals surface area contributed by atoms with Gasteiger partial charge in [-0.1, -0.05) is 0 Å². The zero-order valence-electron chi connectivity index (χ0n) is 10.4. The molecule has 96 valence electrons. The SMILES string of the molecule is CNc1ncc(F)c(NC(C)c2ncc(C)o2)n1. The van der Waals surface area contributed by atoms with Crippen molar-refractivity contribution in [1.29, 1.82) is 0 Å². The van der Waals surface area contributed by atoms with Crippen LogP contribution >= 0.6 is 0 Å². The van der Waals surface area contributed by atoms with Gasteiger partial charge in [-0.05, 0) is 13.8 Å². The zero-order valence-corrected chi connectivity index (χ0v) is 10.4. The minimum absolute atomic E-state index is 0.109. The molecule has 0 radical (unpaired) electrons. The molecule has 0 amide bonds. The van der Waals surface area contributed by atoms with E-state index in [9.17, 15) is 4.39 Å². The number of rotatable bonds is 4. The van der Waals surface area contributed by atoms with E-state index in [1.165, 1.54) is 0 Å². The van der Waals surface area contributed by atoms with Crippen LogP contribution in [0, 0.1) is 12.7 Å². The average molecular weight is 251 g/mol. The Labute approximate surface area is 104 Å². The summed E-state index contributed by atoms with van der Waals surface area (Å²) in [5.41, 5.74) is 0. The quantitative estimate of drug-likeness (QED) is 0.866. The topological polar surface area (TPSA) is 75.9 Å². The van der Waals surface area contributed by atoms with E-state index in [0.717, 1.165) is 6.20 Å². The molecule has 6 nitrogen and oxygen atoms in total. The molecule has 1 atom stereocenters. The Kier molecular flexibility index (Phi) is 3.40. The van der Waals surface area contributed by atoms with Crippen LogP contribution in [-0.4, -0.2) is 22.0 Å². The van der Waals surface area contributed by atoms with Crippen molar-refractivity contribution in [3.63, 3.8) is 0 Å². The molecule has 0 bridgehead atoms. The summed E-state index contributed by atoms with van der Waals surface area (Å²) in [6, 6.07) is -0.284. The van der Waals surface area contributed by atoms with Gasteiger partial charge in [-0.25, -0.2) is 14.4 Å². The predicted octanol–water partition coefficient (Wildman–Crippen LogP) is 2.13. The van der Waals surface area contributed by atoms with Crippen molar-refractivity contribution < 1.29 is 8.81 Å². The second-order valence-corrected chi connectivity index (χ2v) is 3.82. The third-order valence-corrected chi connectivity index (χ3v) is 2.33. The van der Waals surface area contributed by atoms with Crippen LogP contribution in [-0.2, 0) is 0 Å². The fraction of sp³-hybridized carbons (Fsp3) is 0.364. The van der Waals surface area contributed by atoms with Crippen molar-refractivity contribution in [1.82, 2.24) is 15.0 Å². The van der Waals surface area contributed by atoms with E-state index in [0.29, 0.717) is 17.6 Å². The van der Waals surface area contributed by atoms with E-state index in [4.69, 9.17) is 4.42 Å². The van der Waals surface area contributed by atoms with Crippen LogP contribution in [0.3, 0.4) is 0 Å². The number of nitrogens with one attached hydrogen (secondary N) is 2. The lowest BCUT2D eigenvalue weighted by atomic mass is 10.3. The predicted molar refractivity (Wildman–Crippen MR) is 64.8 cm³/mol. The molecule has 0 fully saturated rings. The number of oxazole rings is 1. The summed E-state index contributed by atoms with van der Waals surface area (Å²) in [5.74, 6) is 1.12. The van der Waals surface area contributed by atoms with Crippen LogP contribution in [0.4, 0.5) is 16.2 Å². The molecule has 2 aromatic heterocycles. The molecule has 0 saturated carbocycles. The second kappa shape index (κ2) is 4.99. The van der Waals surface area contributed by atoms with E-state index in [1.807, 2.05) is 6.92 Å². The number of anilines is 2. The summed E-state index contributed by atoms with van der Waals surface area (Å²) in [7, 11) is 1.66. The monoisotopic (exact) mass is 251 g/mol. The van der Waals surface area contributed by atoms with Crippen molar-refractivity contribution in [3.05, 3.63) is 29.9 Å². The average Bonchev–Trinajstić information content (AvgIpc) is 2.79. The highest BCUT2D eigenvalue weighted by Crippen LogP contribution is 2.20. The number of aryl methyl sites for hydroxylation is 1. The number of hydrogen-bond donors (Lipinski definition) is 2. The number of aromatic nitrogens is 3. The second-order valence-electron chi connectivity index (χ2n) is 3.82. The van der Waals surface area contributed by atoms with Gasteiger partial charge in [-0.2, -0.15) is 4.98 Å². The Morgan fingerprint density at radius 1 is 1.33 bits per heavy atom. The van der Waals surface area contributed by atoms with Gasteiger partial charge in [-0.3, -0.25) is 0 Å². The number of halogens is 1. The highest BCUT2D eigenvalue weighted by molar-refractivity contribution is 5.41. The van der Waals surface area contributed by atoms with E-state index < -0.39 is 5.82 Å². The zero-order chi connectivity index (χ0) is 13.1. The molecular formula is C11H14FN5O. The first-order chi connectivity index (χ1) is 8.60. The maximum atomic E-state index is 13.5. The first kappa shape index (κ1) is 12.3. The van der Waals surface area contributed by atoms with Crippen LogP contribution in [0.5, 0.6) is 0 Å². The summed E-state index contributed by atoms with van der Waals surface area (Å²) < 4.78 is 18.9. The van der Waals surface area contributed by atoms with Gasteiger partial charge in [-0.15, -0.1) is 0 Å². The molecule has 0 aliphatic heterocycles. The third-order valence-electron chi connectivity index (χ3n) is 2.33. The van der Waals surface area contributed by atoms with Gasteiger partial charge in [0.25, 0.3) is 0 Å². The van der Waals surface area contributed by atoms with Gasteiger partial charge in [0.1, 0.15) is 11.8 Å². The van der Waals surface area contributed by atoms with Crippen molar-refractivity contribution >= 4 is 11.8 Å². The summed E-state index contributed by atoms with van der Waals surface area (Å²) in [6.07, 6.45) is 2.72. The molecule has 0 aromatic carbocycles. The Bertz CT molecular complexity index is 542. The Morgan fingerprint density at radius 2 is 2.11 bits per heavy atom. The molecule has 1 unspecified atom stereocenters. The van der Waals surface area contributed by atoms with Crippen molar-refractivity contribution in [2.24, 2.45) is 0 Å². The van der Waals surface area contributed by atoms with Crippen LogP contribution in [0.1, 0.15) is 24.6 Å². The summed E-state index contributed by atoms with van der Waals surface area (Å²) in [5, 5.41) is 5.64. The summed E-state index contributed by atoms with van der Waals surface area (Å²) in [4.78, 5) is 11.8. The van der Waals surface area contributed by atoms with Crippen molar-refractivity contribution in [2.45, 2.75) is 19.9 Å². The number of nitrogens with zero attached hydrogens (tertiary/aromatic N) is 3.